The van der Waals surface area contributed by atoms with E-state index < -0.39 is 0 Å². The third-order valence-corrected chi connectivity index (χ3v) is 6.56. The van der Waals surface area contributed by atoms with Crippen LogP contribution in [-0.2, 0) is 0 Å². The Labute approximate surface area is 172 Å². The molecule has 0 bridgehead atoms. The molecule has 146 valence electrons. The normalized spacial score (nSPS) is 28.6. The van der Waals surface area contributed by atoms with Crippen molar-refractivity contribution >= 4 is 29.9 Å². The standard InChI is InChI=1S/C20H38N4.HI/c1-3-21-20(24-15-18-7-5-6-8-19(18)16-24)22-12-9-17-10-13-23(4-2)14-11-17;/h17-19H,3-16H2,1-2H3,(H,21,22);1H. The van der Waals surface area contributed by atoms with E-state index in [0.29, 0.717) is 0 Å². The minimum absolute atomic E-state index is 0. The van der Waals surface area contributed by atoms with E-state index >= 15 is 0 Å². The number of guanidine groups is 1. The summed E-state index contributed by atoms with van der Waals surface area (Å²) in [5.74, 6) is 3.94. The molecule has 1 N–H and O–H groups in total. The van der Waals surface area contributed by atoms with Crippen molar-refractivity contribution in [1.29, 1.82) is 0 Å². The Morgan fingerprint density at radius 1 is 1.00 bits per heavy atom. The number of halogens is 1. The molecule has 2 atom stereocenters. The number of hydrogen-bond donors (Lipinski definition) is 1. The molecule has 2 heterocycles. The largest absolute Gasteiger partial charge is 0.357 e. The zero-order valence-corrected chi connectivity index (χ0v) is 18.7. The quantitative estimate of drug-likeness (QED) is 0.383. The number of nitrogens with one attached hydrogen (secondary N) is 1. The van der Waals surface area contributed by atoms with Crippen LogP contribution in [0.5, 0.6) is 0 Å². The second kappa shape index (κ2) is 11.0. The van der Waals surface area contributed by atoms with Crippen molar-refractivity contribution in [2.75, 3.05) is 45.8 Å². The fourth-order valence-corrected chi connectivity index (χ4v) is 4.95. The molecular formula is C20H39IN4. The van der Waals surface area contributed by atoms with Crippen LogP contribution in [0.1, 0.15) is 58.8 Å². The van der Waals surface area contributed by atoms with Gasteiger partial charge in [0.1, 0.15) is 0 Å². The molecule has 0 aromatic rings. The maximum absolute atomic E-state index is 5.00. The zero-order valence-electron chi connectivity index (χ0n) is 16.4. The first-order valence-corrected chi connectivity index (χ1v) is 10.6. The summed E-state index contributed by atoms with van der Waals surface area (Å²) in [7, 11) is 0. The predicted octanol–water partition coefficient (Wildman–Crippen LogP) is 3.81. The number of nitrogens with zero attached hydrogens (tertiary/aromatic N) is 3. The van der Waals surface area contributed by atoms with Crippen molar-refractivity contribution in [1.82, 2.24) is 15.1 Å². The van der Waals surface area contributed by atoms with Crippen LogP contribution in [0.4, 0.5) is 0 Å². The fourth-order valence-electron chi connectivity index (χ4n) is 4.95. The summed E-state index contributed by atoms with van der Waals surface area (Å²) in [5, 5.41) is 3.56. The van der Waals surface area contributed by atoms with Crippen molar-refractivity contribution in [2.24, 2.45) is 22.7 Å². The second-order valence-corrected chi connectivity index (χ2v) is 8.11. The van der Waals surface area contributed by atoms with Crippen molar-refractivity contribution < 1.29 is 0 Å². The number of hydrogen-bond acceptors (Lipinski definition) is 2. The molecular weight excluding hydrogens is 423 g/mol. The van der Waals surface area contributed by atoms with Gasteiger partial charge in [0, 0.05) is 26.2 Å². The topological polar surface area (TPSA) is 30.9 Å². The highest BCUT2D eigenvalue weighted by atomic mass is 127. The number of fused-ring (bicyclic) bond motifs is 1. The number of aliphatic imine (C=N–C) groups is 1. The molecule has 1 saturated carbocycles. The van der Waals surface area contributed by atoms with Crippen LogP contribution in [0.25, 0.3) is 0 Å². The van der Waals surface area contributed by atoms with E-state index in [-0.39, 0.29) is 24.0 Å². The third kappa shape index (κ3) is 5.98. The van der Waals surface area contributed by atoms with E-state index in [1.807, 2.05) is 0 Å². The van der Waals surface area contributed by atoms with Gasteiger partial charge in [0.2, 0.25) is 0 Å². The Hall–Kier alpha value is -0.0400. The summed E-state index contributed by atoms with van der Waals surface area (Å²) in [6.45, 7) is 12.7. The average molecular weight is 462 g/mol. The lowest BCUT2D eigenvalue weighted by Crippen LogP contribution is -2.40. The highest BCUT2D eigenvalue weighted by Crippen LogP contribution is 2.36. The lowest BCUT2D eigenvalue weighted by Gasteiger charge is -2.30. The molecule has 5 heteroatoms. The predicted molar refractivity (Wildman–Crippen MR) is 118 cm³/mol. The maximum Gasteiger partial charge on any atom is 0.193 e. The van der Waals surface area contributed by atoms with Crippen LogP contribution in [0, 0.1) is 17.8 Å². The molecule has 2 aliphatic heterocycles. The van der Waals surface area contributed by atoms with Gasteiger partial charge in [0.05, 0.1) is 0 Å². The van der Waals surface area contributed by atoms with Gasteiger partial charge in [0.15, 0.2) is 5.96 Å². The smallest absolute Gasteiger partial charge is 0.193 e. The SMILES string of the molecule is CCNC(=NCCC1CCN(CC)CC1)N1CC2CCCCC2C1.I. The Bertz CT molecular complexity index is 393. The average Bonchev–Trinajstić information content (AvgIpc) is 3.05. The number of likely N-dealkylation sites (tertiary alicyclic amines) is 2. The van der Waals surface area contributed by atoms with E-state index in [1.165, 1.54) is 83.6 Å². The summed E-state index contributed by atoms with van der Waals surface area (Å²) in [6.07, 6.45) is 9.78. The minimum atomic E-state index is 0. The molecule has 0 aromatic heterocycles. The Kier molecular flexibility index (Phi) is 9.31. The van der Waals surface area contributed by atoms with Gasteiger partial charge in [-0.15, -0.1) is 24.0 Å². The lowest BCUT2D eigenvalue weighted by atomic mass is 9.82. The van der Waals surface area contributed by atoms with Crippen LogP contribution in [0.3, 0.4) is 0 Å². The minimum Gasteiger partial charge on any atom is -0.357 e. The summed E-state index contributed by atoms with van der Waals surface area (Å²) >= 11 is 0. The van der Waals surface area contributed by atoms with E-state index in [0.717, 1.165) is 30.8 Å². The molecule has 0 spiro atoms. The van der Waals surface area contributed by atoms with Crippen LogP contribution in [0.15, 0.2) is 4.99 Å². The van der Waals surface area contributed by atoms with Crippen molar-refractivity contribution in [2.45, 2.75) is 58.8 Å². The van der Waals surface area contributed by atoms with Crippen molar-refractivity contribution in [3.63, 3.8) is 0 Å². The first kappa shape index (κ1) is 21.3. The Morgan fingerprint density at radius 3 is 2.20 bits per heavy atom. The fraction of sp³-hybridized carbons (Fsp3) is 0.950. The van der Waals surface area contributed by atoms with Gasteiger partial charge in [0.25, 0.3) is 0 Å². The van der Waals surface area contributed by atoms with E-state index in [2.05, 4.69) is 29.0 Å². The Morgan fingerprint density at radius 2 is 1.64 bits per heavy atom. The number of piperidine rings is 1. The molecule has 2 unspecified atom stereocenters. The molecule has 4 nitrogen and oxygen atoms in total. The molecule has 0 radical (unpaired) electrons. The summed E-state index contributed by atoms with van der Waals surface area (Å²) in [6, 6.07) is 0. The van der Waals surface area contributed by atoms with E-state index in [4.69, 9.17) is 4.99 Å². The Balaban J connectivity index is 0.00000225. The lowest BCUT2D eigenvalue weighted by molar-refractivity contribution is 0.188. The molecule has 25 heavy (non-hydrogen) atoms. The second-order valence-electron chi connectivity index (χ2n) is 8.11. The monoisotopic (exact) mass is 462 g/mol. The van der Waals surface area contributed by atoms with Crippen LogP contribution in [0.2, 0.25) is 0 Å². The maximum atomic E-state index is 5.00. The summed E-state index contributed by atoms with van der Waals surface area (Å²) in [5.41, 5.74) is 0. The van der Waals surface area contributed by atoms with E-state index in [1.54, 1.807) is 0 Å². The van der Waals surface area contributed by atoms with Gasteiger partial charge < -0.3 is 15.1 Å². The van der Waals surface area contributed by atoms with E-state index in [9.17, 15) is 0 Å². The number of rotatable bonds is 5. The van der Waals surface area contributed by atoms with Crippen LogP contribution >= 0.6 is 24.0 Å². The van der Waals surface area contributed by atoms with Crippen molar-refractivity contribution in [3.05, 3.63) is 0 Å². The molecule has 3 aliphatic rings. The molecule has 3 fully saturated rings. The molecule has 2 saturated heterocycles. The molecule has 0 aromatic carbocycles. The highest BCUT2D eigenvalue weighted by Gasteiger charge is 2.35. The van der Waals surface area contributed by atoms with Gasteiger partial charge in [-0.3, -0.25) is 4.99 Å². The summed E-state index contributed by atoms with van der Waals surface area (Å²) < 4.78 is 0. The summed E-state index contributed by atoms with van der Waals surface area (Å²) in [4.78, 5) is 10.1. The van der Waals surface area contributed by atoms with Gasteiger partial charge >= 0.3 is 0 Å². The van der Waals surface area contributed by atoms with Gasteiger partial charge in [-0.2, -0.15) is 0 Å². The highest BCUT2D eigenvalue weighted by molar-refractivity contribution is 14.0. The van der Waals surface area contributed by atoms with Crippen LogP contribution in [-0.4, -0.2) is 61.6 Å². The molecule has 1 aliphatic carbocycles. The molecule has 0 amide bonds. The van der Waals surface area contributed by atoms with Crippen molar-refractivity contribution in [3.8, 4) is 0 Å². The first-order chi connectivity index (χ1) is 11.8. The molecule has 3 rings (SSSR count). The van der Waals surface area contributed by atoms with Gasteiger partial charge in [-0.05, 0) is 76.4 Å². The third-order valence-electron chi connectivity index (χ3n) is 6.56. The van der Waals surface area contributed by atoms with Gasteiger partial charge in [-0.1, -0.05) is 19.8 Å². The first-order valence-electron chi connectivity index (χ1n) is 10.6. The van der Waals surface area contributed by atoms with Gasteiger partial charge in [-0.25, -0.2) is 0 Å². The van der Waals surface area contributed by atoms with Crippen LogP contribution < -0.4 is 5.32 Å². The zero-order chi connectivity index (χ0) is 16.8.